The second-order valence-electron chi connectivity index (χ2n) is 4.78. The van der Waals surface area contributed by atoms with E-state index < -0.39 is 23.3 Å². The first kappa shape index (κ1) is 15.4. The number of aromatic carboxylic acids is 1. The van der Waals surface area contributed by atoms with Crippen LogP contribution in [0.3, 0.4) is 0 Å². The number of amides is 1. The highest BCUT2D eigenvalue weighted by Gasteiger charge is 2.19. The topological polar surface area (TPSA) is 87.7 Å². The third-order valence-electron chi connectivity index (χ3n) is 3.24. The van der Waals surface area contributed by atoms with Crippen molar-refractivity contribution in [1.82, 2.24) is 5.32 Å². The average Bonchev–Trinajstić information content (AvgIpc) is 2.46. The number of carboxylic acids is 1. The van der Waals surface area contributed by atoms with Gasteiger partial charge in [0.2, 0.25) is 5.91 Å². The number of halogens is 1. The minimum Gasteiger partial charge on any atom is -0.478 e. The molecular formula is C14H17FN2O4. The number of carboxylic acid groups (broad SMARTS) is 1. The van der Waals surface area contributed by atoms with Crippen LogP contribution in [0.15, 0.2) is 18.2 Å². The molecule has 7 heteroatoms. The fourth-order valence-electron chi connectivity index (χ4n) is 2.19. The number of anilines is 1. The van der Waals surface area contributed by atoms with E-state index >= 15 is 0 Å². The van der Waals surface area contributed by atoms with Crippen molar-refractivity contribution in [3.63, 3.8) is 0 Å². The molecule has 114 valence electrons. The number of ether oxygens (including phenoxy) is 1. The second kappa shape index (κ2) is 7.14. The lowest BCUT2D eigenvalue weighted by Gasteiger charge is -2.22. The Morgan fingerprint density at radius 3 is 2.76 bits per heavy atom. The molecule has 1 amide bonds. The summed E-state index contributed by atoms with van der Waals surface area (Å²) in [6.07, 6.45) is 1.67. The number of piperidine rings is 1. The third-order valence-corrected chi connectivity index (χ3v) is 3.24. The van der Waals surface area contributed by atoms with Crippen LogP contribution in [-0.4, -0.2) is 42.8 Å². The summed E-state index contributed by atoms with van der Waals surface area (Å²) >= 11 is 0. The molecule has 2 rings (SSSR count). The molecule has 1 aliphatic heterocycles. The fraction of sp³-hybridized carbons (Fsp3) is 0.429. The van der Waals surface area contributed by atoms with E-state index in [1.54, 1.807) is 0 Å². The van der Waals surface area contributed by atoms with Gasteiger partial charge in [0.15, 0.2) is 0 Å². The van der Waals surface area contributed by atoms with Crippen LogP contribution in [0.5, 0.6) is 0 Å². The van der Waals surface area contributed by atoms with Crippen LogP contribution in [-0.2, 0) is 9.53 Å². The van der Waals surface area contributed by atoms with Gasteiger partial charge < -0.3 is 20.5 Å². The molecule has 21 heavy (non-hydrogen) atoms. The summed E-state index contributed by atoms with van der Waals surface area (Å²) < 4.78 is 18.9. The molecule has 1 saturated heterocycles. The Balaban J connectivity index is 1.93. The van der Waals surface area contributed by atoms with E-state index in [-0.39, 0.29) is 18.4 Å². The molecule has 0 spiro atoms. The summed E-state index contributed by atoms with van der Waals surface area (Å²) in [5, 5.41) is 14.5. The zero-order valence-corrected chi connectivity index (χ0v) is 11.4. The van der Waals surface area contributed by atoms with Gasteiger partial charge in [-0.3, -0.25) is 4.79 Å². The van der Waals surface area contributed by atoms with Crippen LogP contribution in [0.2, 0.25) is 0 Å². The first-order valence-corrected chi connectivity index (χ1v) is 6.72. The van der Waals surface area contributed by atoms with Gasteiger partial charge in [0.25, 0.3) is 0 Å². The van der Waals surface area contributed by atoms with Gasteiger partial charge in [-0.1, -0.05) is 6.07 Å². The number of rotatable bonds is 5. The molecule has 0 unspecified atom stereocenters. The highest BCUT2D eigenvalue weighted by molar-refractivity contribution is 6.01. The van der Waals surface area contributed by atoms with Gasteiger partial charge in [-0.25, -0.2) is 9.18 Å². The van der Waals surface area contributed by atoms with Crippen molar-refractivity contribution >= 4 is 17.6 Å². The van der Waals surface area contributed by atoms with E-state index in [0.29, 0.717) is 0 Å². The van der Waals surface area contributed by atoms with Crippen molar-refractivity contribution in [2.24, 2.45) is 0 Å². The van der Waals surface area contributed by atoms with Crippen molar-refractivity contribution in [3.05, 3.63) is 29.6 Å². The number of carbonyl (C=O) groups is 2. The largest absolute Gasteiger partial charge is 0.478 e. The Kier molecular flexibility index (Phi) is 5.24. The number of hydrogen-bond acceptors (Lipinski definition) is 4. The Bertz CT molecular complexity index is 530. The van der Waals surface area contributed by atoms with Crippen molar-refractivity contribution in [3.8, 4) is 0 Å². The molecule has 0 bridgehead atoms. The summed E-state index contributed by atoms with van der Waals surface area (Å²) in [7, 11) is 0. The van der Waals surface area contributed by atoms with Gasteiger partial charge in [-0.05, 0) is 38.1 Å². The van der Waals surface area contributed by atoms with Gasteiger partial charge in [-0.2, -0.15) is 0 Å². The van der Waals surface area contributed by atoms with Gasteiger partial charge >= 0.3 is 5.97 Å². The van der Waals surface area contributed by atoms with E-state index in [1.807, 2.05) is 0 Å². The molecule has 0 atom stereocenters. The molecule has 1 heterocycles. The maximum atomic E-state index is 13.5. The van der Waals surface area contributed by atoms with E-state index in [0.717, 1.165) is 32.0 Å². The van der Waals surface area contributed by atoms with Crippen molar-refractivity contribution in [2.75, 3.05) is 25.0 Å². The minimum absolute atomic E-state index is 0.0171. The molecule has 1 fully saturated rings. The first-order chi connectivity index (χ1) is 10.1. The summed E-state index contributed by atoms with van der Waals surface area (Å²) in [6.45, 7) is 1.51. The van der Waals surface area contributed by atoms with Crippen molar-refractivity contribution in [1.29, 1.82) is 0 Å². The Morgan fingerprint density at radius 2 is 2.10 bits per heavy atom. The van der Waals surface area contributed by atoms with Gasteiger partial charge in [0.1, 0.15) is 18.0 Å². The maximum Gasteiger partial charge on any atom is 0.340 e. The second-order valence-corrected chi connectivity index (χ2v) is 4.78. The van der Waals surface area contributed by atoms with Crippen LogP contribution in [0.4, 0.5) is 10.1 Å². The number of carbonyl (C=O) groups excluding carboxylic acids is 1. The molecule has 0 aliphatic carbocycles. The molecule has 0 aromatic heterocycles. The minimum atomic E-state index is -1.43. The van der Waals surface area contributed by atoms with E-state index in [9.17, 15) is 14.0 Å². The van der Waals surface area contributed by atoms with E-state index in [2.05, 4.69) is 10.6 Å². The molecule has 0 saturated carbocycles. The lowest BCUT2D eigenvalue weighted by molar-refractivity contribution is -0.123. The van der Waals surface area contributed by atoms with Crippen LogP contribution >= 0.6 is 0 Å². The zero-order chi connectivity index (χ0) is 15.2. The lowest BCUT2D eigenvalue weighted by atomic mass is 10.1. The SMILES string of the molecule is O=C(COC1CCNCC1)Nc1cccc(F)c1C(=O)O. The predicted octanol–water partition coefficient (Wildman–Crippen LogP) is 1.23. The normalized spacial score (nSPS) is 15.7. The van der Waals surface area contributed by atoms with Crippen molar-refractivity contribution < 1.29 is 23.8 Å². The van der Waals surface area contributed by atoms with Crippen LogP contribution < -0.4 is 10.6 Å². The van der Waals surface area contributed by atoms with Crippen LogP contribution in [0.1, 0.15) is 23.2 Å². The summed E-state index contributed by atoms with van der Waals surface area (Å²) in [5.41, 5.74) is -0.617. The standard InChI is InChI=1S/C14H17FN2O4/c15-10-2-1-3-11(13(10)14(19)20)17-12(18)8-21-9-4-6-16-7-5-9/h1-3,9,16H,4-8H2,(H,17,18)(H,19,20). The Labute approximate surface area is 121 Å². The summed E-state index contributed by atoms with van der Waals surface area (Å²) in [6, 6.07) is 3.71. The molecular weight excluding hydrogens is 279 g/mol. The van der Waals surface area contributed by atoms with Gasteiger partial charge in [0.05, 0.1) is 11.8 Å². The fourth-order valence-corrected chi connectivity index (χ4v) is 2.19. The molecule has 1 aromatic rings. The van der Waals surface area contributed by atoms with Gasteiger partial charge in [-0.15, -0.1) is 0 Å². The molecule has 3 N–H and O–H groups in total. The quantitative estimate of drug-likeness (QED) is 0.760. The lowest BCUT2D eigenvalue weighted by Crippen LogP contribution is -2.34. The van der Waals surface area contributed by atoms with Crippen LogP contribution in [0.25, 0.3) is 0 Å². The number of nitrogens with one attached hydrogen (secondary N) is 2. The molecule has 1 aliphatic rings. The summed E-state index contributed by atoms with van der Waals surface area (Å²) in [5.74, 6) is -2.82. The Morgan fingerprint density at radius 1 is 1.38 bits per heavy atom. The number of benzene rings is 1. The van der Waals surface area contributed by atoms with E-state index in [4.69, 9.17) is 9.84 Å². The molecule has 0 radical (unpaired) electrons. The maximum absolute atomic E-state index is 13.5. The highest BCUT2D eigenvalue weighted by Crippen LogP contribution is 2.19. The van der Waals surface area contributed by atoms with E-state index in [1.165, 1.54) is 12.1 Å². The monoisotopic (exact) mass is 296 g/mol. The highest BCUT2D eigenvalue weighted by atomic mass is 19.1. The first-order valence-electron chi connectivity index (χ1n) is 6.72. The van der Waals surface area contributed by atoms with Gasteiger partial charge in [0, 0.05) is 0 Å². The smallest absolute Gasteiger partial charge is 0.340 e. The molecule has 6 nitrogen and oxygen atoms in total. The van der Waals surface area contributed by atoms with Crippen LogP contribution in [0, 0.1) is 5.82 Å². The predicted molar refractivity (Wildman–Crippen MR) is 73.8 cm³/mol. The van der Waals surface area contributed by atoms with Crippen molar-refractivity contribution in [2.45, 2.75) is 18.9 Å². The third kappa shape index (κ3) is 4.24. The zero-order valence-electron chi connectivity index (χ0n) is 11.4. The molecule has 1 aromatic carbocycles. The Hall–Kier alpha value is -1.99. The summed E-state index contributed by atoms with van der Waals surface area (Å²) in [4.78, 5) is 22.8. The average molecular weight is 296 g/mol. The number of hydrogen-bond donors (Lipinski definition) is 3.